The van der Waals surface area contributed by atoms with E-state index in [9.17, 15) is 4.79 Å². The summed E-state index contributed by atoms with van der Waals surface area (Å²) in [6.45, 7) is 1.99. The van der Waals surface area contributed by atoms with Gasteiger partial charge in [-0.05, 0) is 21.4 Å². The number of benzene rings is 1. The van der Waals surface area contributed by atoms with Gasteiger partial charge >= 0.3 is 5.97 Å². The van der Waals surface area contributed by atoms with Gasteiger partial charge in [0.25, 0.3) is 0 Å². The van der Waals surface area contributed by atoms with Crippen molar-refractivity contribution >= 4 is 37.3 Å². The van der Waals surface area contributed by atoms with Crippen molar-refractivity contribution in [1.29, 1.82) is 0 Å². The van der Waals surface area contributed by atoms with Crippen LogP contribution in [0.25, 0.3) is 0 Å². The Balaban J connectivity index is 3.27. The molecule has 0 aliphatic heterocycles. The third-order valence-electron chi connectivity index (χ3n) is 1.84. The maximum atomic E-state index is 11.5. The number of esters is 1. The van der Waals surface area contributed by atoms with Crippen molar-refractivity contribution in [2.45, 2.75) is 6.92 Å². The van der Waals surface area contributed by atoms with Gasteiger partial charge < -0.3 is 4.74 Å². The molecule has 72 valence electrons. The molecule has 14 heavy (non-hydrogen) atoms. The number of hydrogen-bond donors (Lipinski definition) is 0. The van der Waals surface area contributed by atoms with E-state index in [1.165, 1.54) is 16.9 Å². The number of ether oxygens (including phenoxy) is 1. The molecule has 0 amide bonds. The minimum absolute atomic E-state index is 0.212. The fourth-order valence-electron chi connectivity index (χ4n) is 1.18. The van der Waals surface area contributed by atoms with E-state index in [4.69, 9.17) is 4.74 Å². The predicted octanol–water partition coefficient (Wildman–Crippen LogP) is -0.989. The summed E-state index contributed by atoms with van der Waals surface area (Å²) in [6.07, 6.45) is 0. The van der Waals surface area contributed by atoms with Crippen LogP contribution in [0.15, 0.2) is 18.2 Å². The molecule has 0 aliphatic rings. The zero-order chi connectivity index (χ0) is 10.6. The summed E-state index contributed by atoms with van der Waals surface area (Å²) in [6, 6.07) is 6.01. The fourth-order valence-corrected chi connectivity index (χ4v) is 5.81. The molecule has 0 radical (unpaired) electrons. The van der Waals surface area contributed by atoms with Crippen molar-refractivity contribution in [3.63, 3.8) is 0 Å². The Bertz CT molecular complexity index is 418. The number of rotatable bonds is 1. The van der Waals surface area contributed by atoms with Crippen molar-refractivity contribution in [2.75, 3.05) is 7.11 Å². The van der Waals surface area contributed by atoms with E-state index in [1.54, 1.807) is 0 Å². The molecular weight excluding hydrogens is 224 g/mol. The molecule has 1 aromatic carbocycles. The lowest BCUT2D eigenvalue weighted by Crippen LogP contribution is -2.19. The first-order valence-electron chi connectivity index (χ1n) is 4.30. The van der Waals surface area contributed by atoms with Crippen LogP contribution >= 0.6 is 0 Å². The second kappa shape index (κ2) is 5.28. The Morgan fingerprint density at radius 1 is 1.50 bits per heavy atom. The number of aryl methyl sites for hydroxylation is 1. The van der Waals surface area contributed by atoms with E-state index in [-0.39, 0.29) is 5.97 Å². The monoisotopic (exact) mass is 236 g/mol. The van der Waals surface area contributed by atoms with Gasteiger partial charge in [0.15, 0.2) is 0 Å². The van der Waals surface area contributed by atoms with Crippen LogP contribution in [0.3, 0.4) is 0 Å². The topological polar surface area (TPSA) is 26.3 Å². The van der Waals surface area contributed by atoms with Crippen LogP contribution in [0.1, 0.15) is 15.9 Å². The molecule has 0 fully saturated rings. The summed E-state index contributed by atoms with van der Waals surface area (Å²) in [5.74, 6) is -0.212. The zero-order valence-electron chi connectivity index (χ0n) is 8.55. The Hall–Kier alpha value is -0.659. The molecule has 0 aromatic heterocycles. The first-order chi connectivity index (χ1) is 6.69. The van der Waals surface area contributed by atoms with Crippen LogP contribution < -0.4 is 5.19 Å². The van der Waals surface area contributed by atoms with Gasteiger partial charge in [0, 0.05) is 5.19 Å². The van der Waals surface area contributed by atoms with E-state index < -0.39 is 0 Å². The fraction of sp³-hybridized carbons (Fsp3) is 0.222. The van der Waals surface area contributed by atoms with Crippen LogP contribution in [-0.4, -0.2) is 39.2 Å². The Kier molecular flexibility index (Phi) is 4.30. The first kappa shape index (κ1) is 11.4. The highest BCUT2D eigenvalue weighted by atomic mass is 29.2. The second-order valence-corrected chi connectivity index (χ2v) is 11.0. The minimum Gasteiger partial charge on any atom is -0.465 e. The summed E-state index contributed by atoms with van der Waals surface area (Å²) < 4.78 is 4.76. The molecule has 0 heterocycles. The van der Waals surface area contributed by atoms with Crippen LogP contribution in [0.4, 0.5) is 0 Å². The quantitative estimate of drug-likeness (QED) is 0.462. The highest BCUT2D eigenvalue weighted by Crippen LogP contribution is 2.02. The van der Waals surface area contributed by atoms with Crippen molar-refractivity contribution in [1.82, 2.24) is 0 Å². The Morgan fingerprint density at radius 3 is 2.79 bits per heavy atom. The van der Waals surface area contributed by atoms with Crippen molar-refractivity contribution in [2.24, 2.45) is 0 Å². The molecule has 0 saturated heterocycles. The Morgan fingerprint density at radius 2 is 2.21 bits per heavy atom. The van der Waals surface area contributed by atoms with Crippen molar-refractivity contribution in [3.05, 3.63) is 29.3 Å². The molecule has 0 N–H and O–H groups in total. The standard InChI is InChI=1S/C9H12O2Si3/c1-6-3-4-8(13-14-12)7(5-6)9(10)11-2/h3-5H,1-2,12H3. The number of hydrogen-bond acceptors (Lipinski definition) is 2. The highest BCUT2D eigenvalue weighted by Gasteiger charge is 2.09. The highest BCUT2D eigenvalue weighted by molar-refractivity contribution is 6.98. The summed E-state index contributed by atoms with van der Waals surface area (Å²) >= 11 is 0. The molecule has 0 saturated carbocycles. The SMILES string of the molecule is COC(=O)c1cc(C)ccc1[Si]#[Si][SiH3]. The normalized spacial score (nSPS) is 9.00. The van der Waals surface area contributed by atoms with Gasteiger partial charge in [-0.15, -0.1) is 0 Å². The average Bonchev–Trinajstić information content (AvgIpc) is 2.20. The zero-order valence-corrected chi connectivity index (χ0v) is 12.5. The second-order valence-electron chi connectivity index (χ2n) is 2.92. The lowest BCUT2D eigenvalue weighted by Gasteiger charge is -2.03. The van der Waals surface area contributed by atoms with E-state index in [0.29, 0.717) is 0 Å². The molecular formula is C9H12O2Si3. The van der Waals surface area contributed by atoms with Crippen molar-refractivity contribution < 1.29 is 9.53 Å². The van der Waals surface area contributed by atoms with Gasteiger partial charge in [0.1, 0.15) is 0 Å². The molecule has 2 nitrogen and oxygen atoms in total. The lowest BCUT2D eigenvalue weighted by molar-refractivity contribution is 0.0602. The molecule has 1 aromatic rings. The molecule has 5 heteroatoms. The first-order valence-corrected chi connectivity index (χ1v) is 10.8. The van der Waals surface area contributed by atoms with Gasteiger partial charge in [-0.1, -0.05) is 25.6 Å². The molecule has 0 bridgehead atoms. The van der Waals surface area contributed by atoms with Gasteiger partial charge in [-0.25, -0.2) is 4.79 Å². The third-order valence-corrected chi connectivity index (χ3v) is 6.60. The third kappa shape index (κ3) is 2.66. The maximum Gasteiger partial charge on any atom is 0.338 e. The minimum atomic E-state index is -0.212. The predicted molar refractivity (Wildman–Crippen MR) is 63.6 cm³/mol. The molecule has 1 rings (SSSR count). The summed E-state index contributed by atoms with van der Waals surface area (Å²) in [5, 5.41) is 1.15. The van der Waals surface area contributed by atoms with Crippen LogP contribution in [0.5, 0.6) is 0 Å². The van der Waals surface area contributed by atoms with Gasteiger partial charge in [0.2, 0.25) is 0 Å². The maximum absolute atomic E-state index is 11.5. The molecule has 0 aliphatic carbocycles. The van der Waals surface area contributed by atoms with Gasteiger partial charge in [-0.2, -0.15) is 0 Å². The van der Waals surface area contributed by atoms with E-state index in [2.05, 4.69) is 6.07 Å². The summed E-state index contributed by atoms with van der Waals surface area (Å²) in [5.41, 5.74) is 1.85. The van der Waals surface area contributed by atoms with Gasteiger partial charge in [0.05, 0.1) is 22.4 Å². The number of carbonyl (C=O) groups is 1. The van der Waals surface area contributed by atoms with E-state index in [0.717, 1.165) is 32.7 Å². The molecule has 0 spiro atoms. The van der Waals surface area contributed by atoms with Gasteiger partial charge in [-0.3, -0.25) is 0 Å². The summed E-state index contributed by atoms with van der Waals surface area (Å²) in [4.78, 5) is 11.5. The number of methoxy groups -OCH3 is 1. The van der Waals surface area contributed by atoms with Crippen LogP contribution in [0.2, 0.25) is 0 Å². The number of carbonyl (C=O) groups excluding carboxylic acids is 1. The van der Waals surface area contributed by atoms with Crippen LogP contribution in [0, 0.1) is 6.92 Å². The summed E-state index contributed by atoms with van der Waals surface area (Å²) in [7, 11) is 4.38. The average molecular weight is 236 g/mol. The largest absolute Gasteiger partial charge is 0.465 e. The van der Waals surface area contributed by atoms with Crippen molar-refractivity contribution in [3.8, 4) is 0 Å². The van der Waals surface area contributed by atoms with E-state index >= 15 is 0 Å². The Labute approximate surface area is 90.5 Å². The molecule has 0 atom stereocenters. The molecule has 0 unspecified atom stereocenters. The van der Waals surface area contributed by atoms with E-state index in [1.807, 2.05) is 19.1 Å². The van der Waals surface area contributed by atoms with Crippen LogP contribution in [-0.2, 0) is 4.74 Å². The lowest BCUT2D eigenvalue weighted by atomic mass is 10.1. The smallest absolute Gasteiger partial charge is 0.338 e.